The van der Waals surface area contributed by atoms with Crippen LogP contribution in [0.5, 0.6) is 0 Å². The van der Waals surface area contributed by atoms with Gasteiger partial charge in [-0.05, 0) is 31.1 Å². The molecule has 2 aromatic rings. The number of carbonyl (C=O) groups is 2. The minimum Gasteiger partial charge on any atom is -0.339 e. The third-order valence-electron chi connectivity index (χ3n) is 5.40. The lowest BCUT2D eigenvalue weighted by molar-refractivity contribution is -0.127. The van der Waals surface area contributed by atoms with Crippen LogP contribution in [0.4, 0.5) is 10.8 Å². The van der Waals surface area contributed by atoms with Crippen LogP contribution in [0.25, 0.3) is 6.08 Å². The van der Waals surface area contributed by atoms with Crippen molar-refractivity contribution in [2.75, 3.05) is 11.9 Å². The van der Waals surface area contributed by atoms with Crippen LogP contribution in [0.1, 0.15) is 57.6 Å². The van der Waals surface area contributed by atoms with Gasteiger partial charge in [0.05, 0.1) is 11.4 Å². The van der Waals surface area contributed by atoms with Gasteiger partial charge in [-0.1, -0.05) is 50.3 Å². The topological polar surface area (TPSA) is 53.5 Å². The maximum atomic E-state index is 12.6. The SMILES string of the molecule is CC(=O)N(c1ccccc1)c1nc(/C=C/C(=O)N(C)C2CCCCCCC2)cs1. The van der Waals surface area contributed by atoms with E-state index in [-0.39, 0.29) is 11.8 Å². The number of benzene rings is 1. The minimum atomic E-state index is -0.0961. The second-order valence-electron chi connectivity index (χ2n) is 7.53. The van der Waals surface area contributed by atoms with Crippen LogP contribution in [0.3, 0.4) is 0 Å². The van der Waals surface area contributed by atoms with E-state index in [1.807, 2.05) is 47.7 Å². The molecule has 0 saturated heterocycles. The molecule has 1 fully saturated rings. The summed E-state index contributed by atoms with van der Waals surface area (Å²) in [6.07, 6.45) is 11.8. The van der Waals surface area contributed by atoms with Crippen molar-refractivity contribution >= 4 is 40.0 Å². The summed E-state index contributed by atoms with van der Waals surface area (Å²) in [6.45, 7) is 1.53. The number of para-hydroxylation sites is 1. The number of amides is 2. The highest BCUT2D eigenvalue weighted by Crippen LogP contribution is 2.29. The van der Waals surface area contributed by atoms with Crippen molar-refractivity contribution in [1.29, 1.82) is 0 Å². The Bertz CT molecular complexity index is 839. The predicted molar refractivity (Wildman–Crippen MR) is 119 cm³/mol. The summed E-state index contributed by atoms with van der Waals surface area (Å²) in [4.78, 5) is 32.8. The molecule has 0 unspecified atom stereocenters. The largest absolute Gasteiger partial charge is 0.339 e. The van der Waals surface area contributed by atoms with Crippen molar-refractivity contribution in [3.8, 4) is 0 Å². The second kappa shape index (κ2) is 10.3. The molecule has 0 N–H and O–H groups in total. The lowest BCUT2D eigenvalue weighted by Crippen LogP contribution is -2.36. The number of nitrogens with zero attached hydrogens (tertiary/aromatic N) is 3. The summed E-state index contributed by atoms with van der Waals surface area (Å²) in [6, 6.07) is 9.78. The average Bonchev–Trinajstić information content (AvgIpc) is 3.14. The van der Waals surface area contributed by atoms with Gasteiger partial charge in [0.25, 0.3) is 0 Å². The van der Waals surface area contributed by atoms with E-state index in [0.717, 1.165) is 18.5 Å². The number of thiazole rings is 1. The van der Waals surface area contributed by atoms with Crippen molar-refractivity contribution < 1.29 is 9.59 Å². The Kier molecular flexibility index (Phi) is 7.58. The zero-order valence-electron chi connectivity index (χ0n) is 17.2. The molecule has 1 aliphatic rings. The Morgan fingerprint density at radius 2 is 1.72 bits per heavy atom. The third-order valence-corrected chi connectivity index (χ3v) is 6.24. The fraction of sp³-hybridized carbons (Fsp3) is 0.435. The van der Waals surface area contributed by atoms with Crippen LogP contribution in [0.2, 0.25) is 0 Å². The fourth-order valence-electron chi connectivity index (χ4n) is 3.74. The molecule has 1 heterocycles. The number of hydrogen-bond acceptors (Lipinski definition) is 4. The minimum absolute atomic E-state index is 0.0107. The van der Waals surface area contributed by atoms with Gasteiger partial charge in [0.15, 0.2) is 5.13 Å². The van der Waals surface area contributed by atoms with Gasteiger partial charge in [0.1, 0.15) is 0 Å². The molecule has 5 nitrogen and oxygen atoms in total. The fourth-order valence-corrected chi connectivity index (χ4v) is 4.59. The van der Waals surface area contributed by atoms with Crippen molar-refractivity contribution in [1.82, 2.24) is 9.88 Å². The van der Waals surface area contributed by atoms with Crippen LogP contribution in [0, 0.1) is 0 Å². The Morgan fingerprint density at radius 3 is 2.38 bits per heavy atom. The molecule has 2 amide bonds. The standard InChI is InChI=1S/C23H29N3O2S/c1-18(27)26(21-13-9-6-10-14-21)23-24-19(17-29-23)15-16-22(28)25(2)20-11-7-4-3-5-8-12-20/h6,9-10,13-17,20H,3-5,7-8,11-12H2,1-2H3/b16-15+. The van der Waals surface area contributed by atoms with Crippen LogP contribution in [-0.4, -0.2) is 34.8 Å². The van der Waals surface area contributed by atoms with E-state index in [9.17, 15) is 9.59 Å². The highest BCUT2D eigenvalue weighted by atomic mass is 32.1. The maximum Gasteiger partial charge on any atom is 0.246 e. The van der Waals surface area contributed by atoms with Crippen LogP contribution in [0.15, 0.2) is 41.8 Å². The van der Waals surface area contributed by atoms with E-state index in [4.69, 9.17) is 0 Å². The van der Waals surface area contributed by atoms with Gasteiger partial charge < -0.3 is 4.90 Å². The number of anilines is 2. The second-order valence-corrected chi connectivity index (χ2v) is 8.36. The van der Waals surface area contributed by atoms with E-state index in [1.165, 1.54) is 50.4 Å². The summed E-state index contributed by atoms with van der Waals surface area (Å²) in [5, 5.41) is 2.47. The molecule has 1 aliphatic carbocycles. The molecule has 3 rings (SSSR count). The summed E-state index contributed by atoms with van der Waals surface area (Å²) < 4.78 is 0. The van der Waals surface area contributed by atoms with Gasteiger partial charge in [0, 0.05) is 31.5 Å². The lowest BCUT2D eigenvalue weighted by Gasteiger charge is -2.28. The molecular weight excluding hydrogens is 382 g/mol. The van der Waals surface area contributed by atoms with Gasteiger partial charge in [0.2, 0.25) is 11.8 Å². The first-order chi connectivity index (χ1) is 14.1. The average molecular weight is 412 g/mol. The highest BCUT2D eigenvalue weighted by Gasteiger charge is 2.20. The van der Waals surface area contributed by atoms with Gasteiger partial charge >= 0.3 is 0 Å². The predicted octanol–water partition coefficient (Wildman–Crippen LogP) is 5.41. The monoisotopic (exact) mass is 411 g/mol. The van der Waals surface area contributed by atoms with E-state index in [0.29, 0.717) is 16.9 Å². The summed E-state index contributed by atoms with van der Waals surface area (Å²) in [7, 11) is 1.90. The third kappa shape index (κ3) is 5.76. The summed E-state index contributed by atoms with van der Waals surface area (Å²) in [5.41, 5.74) is 1.47. The maximum absolute atomic E-state index is 12.6. The van der Waals surface area contributed by atoms with E-state index in [1.54, 1.807) is 17.1 Å². The first-order valence-corrected chi connectivity index (χ1v) is 11.2. The molecule has 0 radical (unpaired) electrons. The molecule has 1 saturated carbocycles. The molecule has 0 spiro atoms. The van der Waals surface area contributed by atoms with Gasteiger partial charge in [-0.25, -0.2) is 4.98 Å². The Labute approximate surface area is 177 Å². The van der Waals surface area contributed by atoms with Gasteiger partial charge in [-0.15, -0.1) is 11.3 Å². The summed E-state index contributed by atoms with van der Waals surface area (Å²) >= 11 is 1.39. The van der Waals surface area contributed by atoms with E-state index in [2.05, 4.69) is 4.98 Å². The molecule has 29 heavy (non-hydrogen) atoms. The normalized spacial score (nSPS) is 15.7. The number of aromatic nitrogens is 1. The quantitative estimate of drug-likeness (QED) is 0.618. The van der Waals surface area contributed by atoms with Crippen molar-refractivity contribution in [3.63, 3.8) is 0 Å². The van der Waals surface area contributed by atoms with E-state index >= 15 is 0 Å². The summed E-state index contributed by atoms with van der Waals surface area (Å²) in [5.74, 6) is -0.0854. The number of hydrogen-bond donors (Lipinski definition) is 0. The van der Waals surface area contributed by atoms with Crippen molar-refractivity contribution in [3.05, 3.63) is 47.5 Å². The molecule has 1 aromatic heterocycles. The Hall–Kier alpha value is -2.47. The molecule has 0 atom stereocenters. The smallest absolute Gasteiger partial charge is 0.246 e. The van der Waals surface area contributed by atoms with Crippen LogP contribution >= 0.6 is 11.3 Å². The zero-order chi connectivity index (χ0) is 20.6. The molecule has 6 heteroatoms. The number of rotatable bonds is 5. The van der Waals surface area contributed by atoms with E-state index < -0.39 is 0 Å². The first kappa shape index (κ1) is 21.2. The lowest BCUT2D eigenvalue weighted by atomic mass is 9.96. The Balaban J connectivity index is 1.67. The van der Waals surface area contributed by atoms with Crippen molar-refractivity contribution in [2.24, 2.45) is 0 Å². The molecule has 1 aromatic carbocycles. The molecular formula is C23H29N3O2S. The molecule has 0 bridgehead atoms. The van der Waals surface area contributed by atoms with Crippen molar-refractivity contribution in [2.45, 2.75) is 57.9 Å². The zero-order valence-corrected chi connectivity index (χ0v) is 18.0. The Morgan fingerprint density at radius 1 is 1.07 bits per heavy atom. The molecule has 0 aliphatic heterocycles. The molecule has 154 valence electrons. The van der Waals surface area contributed by atoms with Crippen LogP contribution < -0.4 is 4.90 Å². The first-order valence-electron chi connectivity index (χ1n) is 10.3. The van der Waals surface area contributed by atoms with Crippen LogP contribution in [-0.2, 0) is 9.59 Å². The number of likely N-dealkylation sites (N-methyl/N-ethyl adjacent to an activating group) is 1. The highest BCUT2D eigenvalue weighted by molar-refractivity contribution is 7.14. The number of carbonyl (C=O) groups excluding carboxylic acids is 2. The van der Waals surface area contributed by atoms with Gasteiger partial charge in [-0.2, -0.15) is 0 Å². The van der Waals surface area contributed by atoms with Gasteiger partial charge in [-0.3, -0.25) is 14.5 Å².